The van der Waals surface area contributed by atoms with E-state index in [0.29, 0.717) is 5.69 Å². The molecule has 5 aromatic rings. The molecule has 0 aliphatic rings. The lowest BCUT2D eigenvalue weighted by Gasteiger charge is -2.07. The molecule has 0 aliphatic carbocycles. The summed E-state index contributed by atoms with van der Waals surface area (Å²) in [7, 11) is 3.50. The van der Waals surface area contributed by atoms with Gasteiger partial charge < -0.3 is 4.74 Å². The van der Waals surface area contributed by atoms with E-state index in [9.17, 15) is 4.79 Å². The quantitative estimate of drug-likeness (QED) is 0.329. The second-order valence-corrected chi connectivity index (χ2v) is 8.11. The molecule has 0 atom stereocenters. The normalized spacial score (nSPS) is 11.3. The Balaban J connectivity index is 1.60. The number of para-hydroxylation sites is 2. The maximum Gasteiger partial charge on any atom is 0.297 e. The zero-order valence-electron chi connectivity index (χ0n) is 19.8. The van der Waals surface area contributed by atoms with E-state index in [1.54, 1.807) is 18.0 Å². The van der Waals surface area contributed by atoms with E-state index in [1.807, 2.05) is 114 Å². The summed E-state index contributed by atoms with van der Waals surface area (Å²) in [6, 6.07) is 27.2. The molecule has 2 aromatic heterocycles. The summed E-state index contributed by atoms with van der Waals surface area (Å²) in [5.41, 5.74) is 5.21. The molecular formula is C28H25N5O2. The Bertz CT molecular complexity index is 1540. The first kappa shape index (κ1) is 22.2. The van der Waals surface area contributed by atoms with Crippen molar-refractivity contribution >= 4 is 11.9 Å². The van der Waals surface area contributed by atoms with Crippen LogP contribution in [0.5, 0.6) is 5.75 Å². The van der Waals surface area contributed by atoms with Crippen molar-refractivity contribution in [3.05, 3.63) is 113 Å². The summed E-state index contributed by atoms with van der Waals surface area (Å²) in [5.74, 6) is 0.771. The predicted molar refractivity (Wildman–Crippen MR) is 139 cm³/mol. The Morgan fingerprint density at radius 3 is 2.14 bits per heavy atom. The van der Waals surface area contributed by atoms with Crippen LogP contribution in [0.15, 0.2) is 101 Å². The Hall–Kier alpha value is -4.65. The van der Waals surface area contributed by atoms with Gasteiger partial charge in [-0.05, 0) is 55.5 Å². The Labute approximate surface area is 203 Å². The van der Waals surface area contributed by atoms with Crippen LogP contribution >= 0.6 is 0 Å². The van der Waals surface area contributed by atoms with Crippen molar-refractivity contribution in [3.8, 4) is 28.4 Å². The molecule has 35 heavy (non-hydrogen) atoms. The van der Waals surface area contributed by atoms with Crippen LogP contribution < -0.4 is 10.3 Å². The van der Waals surface area contributed by atoms with Crippen LogP contribution in [0.3, 0.4) is 0 Å². The van der Waals surface area contributed by atoms with Crippen LogP contribution in [0.4, 0.5) is 5.69 Å². The lowest BCUT2D eigenvalue weighted by molar-refractivity contribution is 0.415. The van der Waals surface area contributed by atoms with E-state index in [0.717, 1.165) is 39.6 Å². The predicted octanol–water partition coefficient (Wildman–Crippen LogP) is 5.10. The molecular weight excluding hydrogens is 438 g/mol. The molecule has 0 bridgehead atoms. The minimum Gasteiger partial charge on any atom is -0.497 e. The van der Waals surface area contributed by atoms with Crippen LogP contribution in [-0.4, -0.2) is 32.5 Å². The second-order valence-electron chi connectivity index (χ2n) is 8.11. The molecule has 0 fully saturated rings. The third-order valence-corrected chi connectivity index (χ3v) is 5.98. The highest BCUT2D eigenvalue weighted by atomic mass is 16.5. The van der Waals surface area contributed by atoms with Gasteiger partial charge in [-0.2, -0.15) is 5.10 Å². The van der Waals surface area contributed by atoms with Gasteiger partial charge in [-0.15, -0.1) is 0 Å². The average molecular weight is 464 g/mol. The SMILES string of the molecule is COc1ccc(-c2nn(-c3ccccc3)cc2C=Nc2c(C)n(C)n(-c3ccccc3)c2=O)cc1. The standard InChI is InChI=1S/C28H25N5O2/c1-20-26(28(34)33(31(20)2)24-12-8-5-9-13-24)29-18-22-19-32(23-10-6-4-7-11-23)30-27(22)21-14-16-25(35-3)17-15-21/h4-19H,1-3H3. The molecule has 0 saturated carbocycles. The summed E-state index contributed by atoms with van der Waals surface area (Å²) < 4.78 is 10.6. The van der Waals surface area contributed by atoms with E-state index in [4.69, 9.17) is 9.84 Å². The highest BCUT2D eigenvalue weighted by molar-refractivity contribution is 5.90. The third kappa shape index (κ3) is 4.19. The van der Waals surface area contributed by atoms with E-state index in [-0.39, 0.29) is 5.56 Å². The smallest absolute Gasteiger partial charge is 0.297 e. The first-order chi connectivity index (χ1) is 17.1. The molecule has 7 nitrogen and oxygen atoms in total. The second kappa shape index (κ2) is 9.30. The van der Waals surface area contributed by atoms with Crippen LogP contribution in [0, 0.1) is 6.92 Å². The van der Waals surface area contributed by atoms with Gasteiger partial charge in [-0.25, -0.2) is 14.4 Å². The van der Waals surface area contributed by atoms with Gasteiger partial charge in [0, 0.05) is 30.6 Å². The summed E-state index contributed by atoms with van der Waals surface area (Å²) in [5, 5.41) is 4.83. The molecule has 3 aromatic carbocycles. The average Bonchev–Trinajstić information content (AvgIpc) is 3.42. The molecule has 0 spiro atoms. The van der Waals surface area contributed by atoms with Crippen molar-refractivity contribution in [2.24, 2.45) is 12.0 Å². The van der Waals surface area contributed by atoms with Gasteiger partial charge in [0.25, 0.3) is 5.56 Å². The molecule has 2 heterocycles. The Kier molecular flexibility index (Phi) is 5.89. The third-order valence-electron chi connectivity index (χ3n) is 5.98. The maximum atomic E-state index is 13.3. The van der Waals surface area contributed by atoms with Crippen LogP contribution in [0.1, 0.15) is 11.3 Å². The Morgan fingerprint density at radius 1 is 0.886 bits per heavy atom. The molecule has 7 heteroatoms. The summed E-state index contributed by atoms with van der Waals surface area (Å²) in [6.07, 6.45) is 3.64. The van der Waals surface area contributed by atoms with Crippen molar-refractivity contribution in [1.29, 1.82) is 0 Å². The van der Waals surface area contributed by atoms with Crippen molar-refractivity contribution in [2.75, 3.05) is 7.11 Å². The van der Waals surface area contributed by atoms with E-state index >= 15 is 0 Å². The number of ether oxygens (including phenoxy) is 1. The summed E-state index contributed by atoms with van der Waals surface area (Å²) >= 11 is 0. The van der Waals surface area contributed by atoms with E-state index < -0.39 is 0 Å². The van der Waals surface area contributed by atoms with Crippen molar-refractivity contribution in [1.82, 2.24) is 19.1 Å². The van der Waals surface area contributed by atoms with Crippen LogP contribution in [-0.2, 0) is 7.05 Å². The topological polar surface area (TPSA) is 66.3 Å². The zero-order chi connectivity index (χ0) is 24.4. The fourth-order valence-electron chi connectivity index (χ4n) is 4.00. The number of aromatic nitrogens is 4. The lowest BCUT2D eigenvalue weighted by atomic mass is 10.1. The van der Waals surface area contributed by atoms with Crippen molar-refractivity contribution in [2.45, 2.75) is 6.92 Å². The number of methoxy groups -OCH3 is 1. The van der Waals surface area contributed by atoms with Crippen molar-refractivity contribution < 1.29 is 4.74 Å². The van der Waals surface area contributed by atoms with Gasteiger partial charge in [0.2, 0.25) is 0 Å². The largest absolute Gasteiger partial charge is 0.497 e. The molecule has 174 valence electrons. The highest BCUT2D eigenvalue weighted by Gasteiger charge is 2.16. The van der Waals surface area contributed by atoms with Crippen molar-refractivity contribution in [3.63, 3.8) is 0 Å². The molecule has 0 N–H and O–H groups in total. The van der Waals surface area contributed by atoms with Gasteiger partial charge in [0.15, 0.2) is 5.69 Å². The van der Waals surface area contributed by atoms with E-state index in [1.165, 1.54) is 0 Å². The molecule has 0 radical (unpaired) electrons. The minimum absolute atomic E-state index is 0.172. The van der Waals surface area contributed by atoms with Gasteiger partial charge in [-0.3, -0.25) is 9.48 Å². The van der Waals surface area contributed by atoms with Crippen LogP contribution in [0.25, 0.3) is 22.6 Å². The fraction of sp³-hybridized carbons (Fsp3) is 0.107. The monoisotopic (exact) mass is 463 g/mol. The first-order valence-corrected chi connectivity index (χ1v) is 11.2. The molecule has 0 saturated heterocycles. The zero-order valence-corrected chi connectivity index (χ0v) is 19.8. The molecule has 0 unspecified atom stereocenters. The van der Waals surface area contributed by atoms with Gasteiger partial charge >= 0.3 is 0 Å². The fourth-order valence-corrected chi connectivity index (χ4v) is 4.00. The molecule has 0 amide bonds. The number of benzene rings is 3. The number of rotatable bonds is 6. The van der Waals surface area contributed by atoms with Gasteiger partial charge in [-0.1, -0.05) is 36.4 Å². The summed E-state index contributed by atoms with van der Waals surface area (Å²) in [4.78, 5) is 17.9. The van der Waals surface area contributed by atoms with E-state index in [2.05, 4.69) is 4.99 Å². The molecule has 0 aliphatic heterocycles. The number of hydrogen-bond acceptors (Lipinski definition) is 4. The number of aliphatic imine (C=N–C) groups is 1. The lowest BCUT2D eigenvalue weighted by Crippen LogP contribution is -2.19. The maximum absolute atomic E-state index is 13.3. The number of hydrogen-bond donors (Lipinski definition) is 0. The number of nitrogens with zero attached hydrogens (tertiary/aromatic N) is 5. The Morgan fingerprint density at radius 2 is 1.51 bits per heavy atom. The highest BCUT2D eigenvalue weighted by Crippen LogP contribution is 2.26. The summed E-state index contributed by atoms with van der Waals surface area (Å²) in [6.45, 7) is 1.89. The molecule has 5 rings (SSSR count). The van der Waals surface area contributed by atoms with Crippen LogP contribution in [0.2, 0.25) is 0 Å². The minimum atomic E-state index is -0.172. The van der Waals surface area contributed by atoms with Gasteiger partial charge in [0.1, 0.15) is 11.4 Å². The van der Waals surface area contributed by atoms with Gasteiger partial charge in [0.05, 0.1) is 24.2 Å². The first-order valence-electron chi connectivity index (χ1n) is 11.2.